The van der Waals surface area contributed by atoms with E-state index < -0.39 is 10.2 Å². The van der Waals surface area contributed by atoms with Crippen molar-refractivity contribution in [2.45, 2.75) is 46.0 Å². The maximum atomic E-state index is 12.9. The van der Waals surface area contributed by atoms with Crippen molar-refractivity contribution in [2.75, 3.05) is 39.3 Å². The Hall–Kier alpha value is -0.170. The van der Waals surface area contributed by atoms with Crippen LogP contribution >= 0.6 is 0 Å². The van der Waals surface area contributed by atoms with Crippen LogP contribution in [0.15, 0.2) is 0 Å². The van der Waals surface area contributed by atoms with E-state index in [-0.39, 0.29) is 0 Å². The highest BCUT2D eigenvalue weighted by atomic mass is 32.2. The van der Waals surface area contributed by atoms with Crippen LogP contribution in [0.4, 0.5) is 0 Å². The molecule has 0 bridgehead atoms. The molecule has 2 aliphatic heterocycles. The van der Waals surface area contributed by atoms with Crippen molar-refractivity contribution >= 4 is 10.2 Å². The fourth-order valence-electron chi connectivity index (χ4n) is 3.30. The fourth-order valence-corrected chi connectivity index (χ4v) is 5.11. The van der Waals surface area contributed by atoms with Crippen LogP contribution in [0.2, 0.25) is 0 Å². The summed E-state index contributed by atoms with van der Waals surface area (Å²) in [7, 11) is -3.27. The Balaban J connectivity index is 2.00. The second kappa shape index (κ2) is 7.90. The van der Waals surface area contributed by atoms with E-state index in [1.807, 2.05) is 0 Å². The molecule has 2 rings (SSSR count). The van der Waals surface area contributed by atoms with Crippen molar-refractivity contribution in [3.63, 3.8) is 0 Å². The molecular weight excluding hydrogens is 286 g/mol. The van der Waals surface area contributed by atoms with Crippen LogP contribution in [0.1, 0.15) is 46.0 Å². The lowest BCUT2D eigenvalue weighted by atomic mass is 10.00. The van der Waals surface area contributed by atoms with Gasteiger partial charge in [0.25, 0.3) is 10.2 Å². The third-order valence-corrected chi connectivity index (χ3v) is 6.73. The smallest absolute Gasteiger partial charge is 0.281 e. The first-order chi connectivity index (χ1) is 10.0. The average Bonchev–Trinajstić information content (AvgIpc) is 2.48. The first-order valence-electron chi connectivity index (χ1n) is 8.50. The molecule has 2 heterocycles. The van der Waals surface area contributed by atoms with E-state index in [4.69, 9.17) is 0 Å². The minimum atomic E-state index is -3.27. The van der Waals surface area contributed by atoms with E-state index >= 15 is 0 Å². The Morgan fingerprint density at radius 1 is 1.24 bits per heavy atom. The summed E-state index contributed by atoms with van der Waals surface area (Å²) in [6.45, 7) is 8.98. The summed E-state index contributed by atoms with van der Waals surface area (Å²) in [5.41, 5.74) is 0. The van der Waals surface area contributed by atoms with Crippen molar-refractivity contribution in [1.82, 2.24) is 13.9 Å². The number of nitrogens with one attached hydrogen (secondary N) is 1. The summed E-state index contributed by atoms with van der Waals surface area (Å²) >= 11 is 0. The molecule has 0 aliphatic carbocycles. The summed E-state index contributed by atoms with van der Waals surface area (Å²) < 4.78 is 29.2. The SMILES string of the molecule is CCCN(CC1CCCNC1)S(=O)(=O)N1CCC(C)CC1. The lowest BCUT2D eigenvalue weighted by Crippen LogP contribution is -2.49. The largest absolute Gasteiger partial charge is 0.316 e. The Morgan fingerprint density at radius 2 is 1.95 bits per heavy atom. The Kier molecular flexibility index (Phi) is 6.47. The molecule has 0 aromatic carbocycles. The molecule has 0 aromatic rings. The summed E-state index contributed by atoms with van der Waals surface area (Å²) in [5.74, 6) is 1.11. The van der Waals surface area contributed by atoms with Crippen LogP contribution in [0.5, 0.6) is 0 Å². The van der Waals surface area contributed by atoms with Gasteiger partial charge in [-0.1, -0.05) is 13.8 Å². The minimum Gasteiger partial charge on any atom is -0.316 e. The third-order valence-electron chi connectivity index (χ3n) is 4.73. The second-order valence-corrected chi connectivity index (χ2v) is 8.59. The molecule has 0 spiro atoms. The Bertz CT molecular complexity index is 399. The highest BCUT2D eigenvalue weighted by Gasteiger charge is 2.33. The lowest BCUT2D eigenvalue weighted by Gasteiger charge is -2.36. The fraction of sp³-hybridized carbons (Fsp3) is 1.00. The van der Waals surface area contributed by atoms with Gasteiger partial charge < -0.3 is 5.32 Å². The Labute approximate surface area is 130 Å². The third kappa shape index (κ3) is 4.65. The molecule has 2 saturated heterocycles. The number of nitrogens with zero attached hydrogens (tertiary/aromatic N) is 2. The average molecular weight is 317 g/mol. The lowest BCUT2D eigenvalue weighted by molar-refractivity contribution is 0.243. The molecule has 1 N–H and O–H groups in total. The zero-order chi connectivity index (χ0) is 15.3. The van der Waals surface area contributed by atoms with Crippen molar-refractivity contribution < 1.29 is 8.42 Å². The van der Waals surface area contributed by atoms with Crippen molar-refractivity contribution in [3.05, 3.63) is 0 Å². The van der Waals surface area contributed by atoms with Crippen molar-refractivity contribution in [1.29, 1.82) is 0 Å². The standard InChI is InChI=1S/C15H31N3O2S/c1-3-9-18(13-15-5-4-8-16-12-15)21(19,20)17-10-6-14(2)7-11-17/h14-16H,3-13H2,1-2H3. The summed E-state index contributed by atoms with van der Waals surface area (Å²) in [6, 6.07) is 0. The molecule has 0 radical (unpaired) electrons. The maximum Gasteiger partial charge on any atom is 0.281 e. The van der Waals surface area contributed by atoms with Gasteiger partial charge in [0.1, 0.15) is 0 Å². The summed E-state index contributed by atoms with van der Waals surface area (Å²) in [5, 5.41) is 3.38. The molecule has 6 heteroatoms. The van der Waals surface area contributed by atoms with Crippen molar-refractivity contribution in [2.24, 2.45) is 11.8 Å². The molecule has 124 valence electrons. The first kappa shape index (κ1) is 17.2. The molecule has 21 heavy (non-hydrogen) atoms. The number of rotatable bonds is 6. The van der Waals surface area contributed by atoms with Gasteiger partial charge in [-0.05, 0) is 57.0 Å². The predicted molar refractivity (Wildman–Crippen MR) is 86.3 cm³/mol. The quantitative estimate of drug-likeness (QED) is 0.811. The van der Waals surface area contributed by atoms with Gasteiger partial charge in [0.05, 0.1) is 0 Å². The second-order valence-electron chi connectivity index (χ2n) is 6.66. The predicted octanol–water partition coefficient (Wildman–Crippen LogP) is 1.67. The van der Waals surface area contributed by atoms with Gasteiger partial charge in [-0.25, -0.2) is 0 Å². The van der Waals surface area contributed by atoms with E-state index in [0.717, 1.165) is 45.2 Å². The highest BCUT2D eigenvalue weighted by molar-refractivity contribution is 7.86. The molecule has 0 aromatic heterocycles. The zero-order valence-electron chi connectivity index (χ0n) is 13.6. The van der Waals surface area contributed by atoms with Crippen molar-refractivity contribution in [3.8, 4) is 0 Å². The minimum absolute atomic E-state index is 0.462. The van der Waals surface area contributed by atoms with E-state index in [9.17, 15) is 8.42 Å². The van der Waals surface area contributed by atoms with Crippen LogP contribution in [-0.2, 0) is 10.2 Å². The molecule has 5 nitrogen and oxygen atoms in total. The topological polar surface area (TPSA) is 52.7 Å². The van der Waals surface area contributed by atoms with Gasteiger partial charge in [0.15, 0.2) is 0 Å². The molecule has 1 atom stereocenters. The number of piperidine rings is 2. The molecule has 0 saturated carbocycles. The van der Waals surface area contributed by atoms with Crippen LogP contribution in [0.3, 0.4) is 0 Å². The number of hydrogen-bond acceptors (Lipinski definition) is 3. The molecule has 1 unspecified atom stereocenters. The van der Waals surface area contributed by atoms with Gasteiger partial charge >= 0.3 is 0 Å². The van der Waals surface area contributed by atoms with Gasteiger partial charge in [0.2, 0.25) is 0 Å². The van der Waals surface area contributed by atoms with Crippen LogP contribution in [-0.4, -0.2) is 56.3 Å². The highest BCUT2D eigenvalue weighted by Crippen LogP contribution is 2.22. The normalized spacial score (nSPS) is 26.3. The van der Waals surface area contributed by atoms with E-state index in [0.29, 0.717) is 38.0 Å². The van der Waals surface area contributed by atoms with Crippen LogP contribution in [0.25, 0.3) is 0 Å². The summed E-state index contributed by atoms with van der Waals surface area (Å²) in [4.78, 5) is 0. The van der Waals surface area contributed by atoms with Gasteiger partial charge in [-0.2, -0.15) is 17.0 Å². The van der Waals surface area contributed by atoms with Gasteiger partial charge in [-0.15, -0.1) is 0 Å². The zero-order valence-corrected chi connectivity index (χ0v) is 14.4. The molecule has 2 fully saturated rings. The molecule has 2 aliphatic rings. The molecular formula is C15H31N3O2S. The van der Waals surface area contributed by atoms with E-state index in [1.165, 1.54) is 0 Å². The van der Waals surface area contributed by atoms with Gasteiger partial charge in [0, 0.05) is 26.2 Å². The number of hydrogen-bond donors (Lipinski definition) is 1. The maximum absolute atomic E-state index is 12.9. The summed E-state index contributed by atoms with van der Waals surface area (Å²) in [6.07, 6.45) is 5.16. The molecule has 0 amide bonds. The van der Waals surface area contributed by atoms with Gasteiger partial charge in [-0.3, -0.25) is 0 Å². The monoisotopic (exact) mass is 317 g/mol. The van der Waals surface area contributed by atoms with Crippen LogP contribution in [0, 0.1) is 11.8 Å². The van der Waals surface area contributed by atoms with E-state index in [1.54, 1.807) is 8.61 Å². The Morgan fingerprint density at radius 3 is 2.52 bits per heavy atom. The first-order valence-corrected chi connectivity index (χ1v) is 9.89. The van der Waals surface area contributed by atoms with Crippen LogP contribution < -0.4 is 5.32 Å². The van der Waals surface area contributed by atoms with E-state index in [2.05, 4.69) is 19.2 Å².